The number of halogens is 1. The number of benzene rings is 1. The number of phenols is 1. The van der Waals surface area contributed by atoms with Gasteiger partial charge in [-0.05, 0) is 12.1 Å². The largest absolute Gasteiger partial charge is 0.505 e. The van der Waals surface area contributed by atoms with Crippen LogP contribution in [0.1, 0.15) is 10.4 Å². The Morgan fingerprint density at radius 2 is 2.23 bits per heavy atom. The Balaban J connectivity index is 3.31. The molecule has 4 nitrogen and oxygen atoms in total. The fraction of sp³-hybridized carbons (Fsp3) is 0.125. The second-order valence-electron chi connectivity index (χ2n) is 2.44. The van der Waals surface area contributed by atoms with Crippen molar-refractivity contribution < 1.29 is 9.90 Å². The molecule has 13 heavy (non-hydrogen) atoms. The number of carbonyl (C=O) groups is 1. The van der Waals surface area contributed by atoms with Gasteiger partial charge in [0.15, 0.2) is 0 Å². The molecular weight excluding hydrogens is 192 g/mol. The van der Waals surface area contributed by atoms with Gasteiger partial charge in [-0.3, -0.25) is 4.79 Å². The molecule has 0 saturated carbocycles. The molecule has 5 heteroatoms. The Labute approximate surface area is 80.3 Å². The summed E-state index contributed by atoms with van der Waals surface area (Å²) in [5.41, 5.74) is 5.56. The van der Waals surface area contributed by atoms with E-state index in [4.69, 9.17) is 17.3 Å². The van der Waals surface area contributed by atoms with Crippen molar-refractivity contribution in [2.24, 2.45) is 5.73 Å². The molecule has 0 aliphatic heterocycles. The average Bonchev–Trinajstić information content (AvgIpc) is 2.09. The predicted molar refractivity (Wildman–Crippen MR) is 51.2 cm³/mol. The van der Waals surface area contributed by atoms with Crippen LogP contribution < -0.4 is 11.1 Å². The SMILES string of the molecule is CNc1ccc(C(N)=O)c(O)c1Cl. The first-order chi connectivity index (χ1) is 6.07. The summed E-state index contributed by atoms with van der Waals surface area (Å²) in [5, 5.41) is 12.3. The normalized spacial score (nSPS) is 9.69. The number of anilines is 1. The molecule has 0 atom stereocenters. The van der Waals surface area contributed by atoms with Gasteiger partial charge in [0, 0.05) is 7.05 Å². The van der Waals surface area contributed by atoms with Crippen molar-refractivity contribution in [3.63, 3.8) is 0 Å². The molecule has 1 amide bonds. The number of primary amides is 1. The smallest absolute Gasteiger partial charge is 0.252 e. The summed E-state index contributed by atoms with van der Waals surface area (Å²) in [6, 6.07) is 2.98. The monoisotopic (exact) mass is 200 g/mol. The molecule has 0 aliphatic rings. The van der Waals surface area contributed by atoms with Gasteiger partial charge in [-0.2, -0.15) is 0 Å². The zero-order chi connectivity index (χ0) is 10.0. The van der Waals surface area contributed by atoms with Gasteiger partial charge >= 0.3 is 0 Å². The predicted octanol–water partition coefficient (Wildman–Crippen LogP) is 1.19. The van der Waals surface area contributed by atoms with Crippen molar-refractivity contribution in [2.45, 2.75) is 0 Å². The summed E-state index contributed by atoms with van der Waals surface area (Å²) in [7, 11) is 1.66. The molecule has 0 aromatic heterocycles. The standard InChI is InChI=1S/C8H9ClN2O2/c1-11-5-3-2-4(8(10)13)7(12)6(5)9/h2-3,11-12H,1H3,(H2,10,13). The lowest BCUT2D eigenvalue weighted by Gasteiger charge is -2.07. The molecule has 1 aromatic carbocycles. The molecule has 1 rings (SSSR count). The molecule has 0 heterocycles. The van der Waals surface area contributed by atoms with E-state index in [0.29, 0.717) is 5.69 Å². The zero-order valence-electron chi connectivity index (χ0n) is 6.97. The molecule has 0 saturated heterocycles. The molecule has 0 bridgehead atoms. The van der Waals surface area contributed by atoms with E-state index in [-0.39, 0.29) is 16.3 Å². The molecule has 1 aromatic rings. The number of nitrogens with one attached hydrogen (secondary N) is 1. The topological polar surface area (TPSA) is 75.3 Å². The minimum atomic E-state index is -0.706. The van der Waals surface area contributed by atoms with Gasteiger partial charge in [-0.25, -0.2) is 0 Å². The minimum absolute atomic E-state index is 0.0176. The third-order valence-corrected chi connectivity index (χ3v) is 2.03. The maximum atomic E-state index is 10.8. The van der Waals surface area contributed by atoms with E-state index in [1.807, 2.05) is 0 Å². The van der Waals surface area contributed by atoms with Crippen molar-refractivity contribution in [3.05, 3.63) is 22.7 Å². The summed E-state index contributed by atoms with van der Waals surface area (Å²) in [5.74, 6) is -0.997. The van der Waals surface area contributed by atoms with Gasteiger partial charge in [-0.15, -0.1) is 0 Å². The van der Waals surface area contributed by atoms with Gasteiger partial charge in [-0.1, -0.05) is 11.6 Å². The third-order valence-electron chi connectivity index (χ3n) is 1.65. The van der Waals surface area contributed by atoms with Crippen LogP contribution in [0.5, 0.6) is 5.75 Å². The lowest BCUT2D eigenvalue weighted by atomic mass is 10.1. The lowest BCUT2D eigenvalue weighted by molar-refractivity contribution is 0.0998. The van der Waals surface area contributed by atoms with Gasteiger partial charge < -0.3 is 16.2 Å². The minimum Gasteiger partial charge on any atom is -0.505 e. The van der Waals surface area contributed by atoms with Crippen molar-refractivity contribution >= 4 is 23.2 Å². The molecule has 0 fully saturated rings. The average molecular weight is 201 g/mol. The Kier molecular flexibility index (Phi) is 2.63. The number of nitrogens with two attached hydrogens (primary N) is 1. The molecular formula is C8H9ClN2O2. The summed E-state index contributed by atoms with van der Waals surface area (Å²) in [6.45, 7) is 0. The number of hydrogen-bond acceptors (Lipinski definition) is 3. The first-order valence-electron chi connectivity index (χ1n) is 3.57. The van der Waals surface area contributed by atoms with Crippen LogP contribution in [-0.4, -0.2) is 18.1 Å². The van der Waals surface area contributed by atoms with E-state index in [9.17, 15) is 9.90 Å². The highest BCUT2D eigenvalue weighted by Crippen LogP contribution is 2.33. The second kappa shape index (κ2) is 3.53. The number of rotatable bonds is 2. The summed E-state index contributed by atoms with van der Waals surface area (Å²) in [4.78, 5) is 10.8. The Hall–Kier alpha value is -1.42. The molecule has 0 aliphatic carbocycles. The van der Waals surface area contributed by atoms with Gasteiger partial charge in [0.2, 0.25) is 0 Å². The number of amides is 1. The van der Waals surface area contributed by atoms with Crippen LogP contribution in [0.25, 0.3) is 0 Å². The maximum Gasteiger partial charge on any atom is 0.252 e. The lowest BCUT2D eigenvalue weighted by Crippen LogP contribution is -2.11. The summed E-state index contributed by atoms with van der Waals surface area (Å²) >= 11 is 5.72. The number of hydrogen-bond donors (Lipinski definition) is 3. The quantitative estimate of drug-likeness (QED) is 0.671. The fourth-order valence-corrected chi connectivity index (χ4v) is 1.22. The molecule has 4 N–H and O–H groups in total. The summed E-state index contributed by atoms with van der Waals surface area (Å²) in [6.07, 6.45) is 0. The fourth-order valence-electron chi connectivity index (χ4n) is 0.956. The highest BCUT2D eigenvalue weighted by molar-refractivity contribution is 6.35. The number of carbonyl (C=O) groups excluding carboxylic acids is 1. The van der Waals surface area contributed by atoms with E-state index in [0.717, 1.165) is 0 Å². The van der Waals surface area contributed by atoms with Gasteiger partial charge in [0.25, 0.3) is 5.91 Å². The van der Waals surface area contributed by atoms with Crippen LogP contribution >= 0.6 is 11.6 Å². The second-order valence-corrected chi connectivity index (χ2v) is 2.82. The van der Waals surface area contributed by atoms with E-state index in [1.54, 1.807) is 13.1 Å². The highest BCUT2D eigenvalue weighted by atomic mass is 35.5. The van der Waals surface area contributed by atoms with Crippen LogP contribution in [0.15, 0.2) is 12.1 Å². The van der Waals surface area contributed by atoms with Crippen molar-refractivity contribution in [1.82, 2.24) is 0 Å². The van der Waals surface area contributed by atoms with E-state index < -0.39 is 5.91 Å². The maximum absolute atomic E-state index is 10.8. The van der Waals surface area contributed by atoms with Crippen LogP contribution in [-0.2, 0) is 0 Å². The van der Waals surface area contributed by atoms with Gasteiger partial charge in [0.05, 0.1) is 11.3 Å². The van der Waals surface area contributed by atoms with Crippen LogP contribution in [0.3, 0.4) is 0 Å². The first-order valence-corrected chi connectivity index (χ1v) is 3.94. The Morgan fingerprint density at radius 3 is 2.69 bits per heavy atom. The van der Waals surface area contributed by atoms with Crippen molar-refractivity contribution in [1.29, 1.82) is 0 Å². The zero-order valence-corrected chi connectivity index (χ0v) is 7.72. The Bertz CT molecular complexity index is 352. The van der Waals surface area contributed by atoms with Crippen molar-refractivity contribution in [3.8, 4) is 5.75 Å². The number of aromatic hydroxyl groups is 1. The Morgan fingerprint density at radius 1 is 1.62 bits per heavy atom. The van der Waals surface area contributed by atoms with E-state index in [2.05, 4.69) is 5.32 Å². The van der Waals surface area contributed by atoms with Crippen molar-refractivity contribution in [2.75, 3.05) is 12.4 Å². The summed E-state index contributed by atoms with van der Waals surface area (Å²) < 4.78 is 0. The molecule has 0 radical (unpaired) electrons. The molecule has 70 valence electrons. The third kappa shape index (κ3) is 1.67. The van der Waals surface area contributed by atoms with Crippen LogP contribution in [0.4, 0.5) is 5.69 Å². The van der Waals surface area contributed by atoms with Crippen LogP contribution in [0.2, 0.25) is 5.02 Å². The van der Waals surface area contributed by atoms with E-state index in [1.165, 1.54) is 6.07 Å². The van der Waals surface area contributed by atoms with Crippen LogP contribution in [0, 0.1) is 0 Å². The molecule has 0 unspecified atom stereocenters. The van der Waals surface area contributed by atoms with E-state index >= 15 is 0 Å². The first kappa shape index (κ1) is 9.67. The van der Waals surface area contributed by atoms with Gasteiger partial charge in [0.1, 0.15) is 10.8 Å². The molecule has 0 spiro atoms. The highest BCUT2D eigenvalue weighted by Gasteiger charge is 2.13.